The van der Waals surface area contributed by atoms with Crippen LogP contribution >= 0.6 is 0 Å². The molecular formula is C11H17FN2O. The maximum Gasteiger partial charge on any atom is 0.165 e. The van der Waals surface area contributed by atoms with Gasteiger partial charge in [-0.2, -0.15) is 0 Å². The molecule has 1 heterocycles. The highest BCUT2D eigenvalue weighted by atomic mass is 19.1. The smallest absolute Gasteiger partial charge is 0.165 e. The Morgan fingerprint density at radius 1 is 1.60 bits per heavy atom. The summed E-state index contributed by atoms with van der Waals surface area (Å²) in [5, 5.41) is 12.1. The molecule has 2 atom stereocenters. The monoisotopic (exact) mass is 212 g/mol. The van der Waals surface area contributed by atoms with Crippen LogP contribution in [0.1, 0.15) is 20.3 Å². The Morgan fingerprint density at radius 3 is 2.87 bits per heavy atom. The minimum Gasteiger partial charge on any atom is -0.394 e. The van der Waals surface area contributed by atoms with E-state index in [1.165, 1.54) is 18.3 Å². The van der Waals surface area contributed by atoms with E-state index in [1.807, 2.05) is 13.8 Å². The molecule has 2 N–H and O–H groups in total. The molecule has 15 heavy (non-hydrogen) atoms. The molecule has 1 rings (SSSR count). The molecule has 0 spiro atoms. The van der Waals surface area contributed by atoms with Gasteiger partial charge in [-0.1, -0.05) is 20.3 Å². The van der Waals surface area contributed by atoms with E-state index < -0.39 is 0 Å². The molecule has 1 aromatic rings. The van der Waals surface area contributed by atoms with Crippen molar-refractivity contribution in [2.45, 2.75) is 26.3 Å². The number of anilines is 1. The van der Waals surface area contributed by atoms with Crippen molar-refractivity contribution in [2.75, 3.05) is 11.9 Å². The first-order chi connectivity index (χ1) is 7.19. The van der Waals surface area contributed by atoms with Gasteiger partial charge in [-0.25, -0.2) is 9.37 Å². The third-order valence-corrected chi connectivity index (χ3v) is 2.61. The van der Waals surface area contributed by atoms with Crippen LogP contribution in [0, 0.1) is 11.7 Å². The predicted molar refractivity (Wildman–Crippen MR) is 58.1 cm³/mol. The number of halogens is 1. The van der Waals surface area contributed by atoms with Crippen molar-refractivity contribution in [3.8, 4) is 0 Å². The van der Waals surface area contributed by atoms with Crippen LogP contribution < -0.4 is 5.32 Å². The molecule has 4 heteroatoms. The highest BCUT2D eigenvalue weighted by Gasteiger charge is 2.16. The molecule has 84 valence electrons. The molecule has 3 nitrogen and oxygen atoms in total. The maximum absolute atomic E-state index is 13.2. The van der Waals surface area contributed by atoms with E-state index in [-0.39, 0.29) is 30.2 Å². The van der Waals surface area contributed by atoms with Gasteiger partial charge < -0.3 is 10.4 Å². The molecule has 0 aliphatic carbocycles. The topological polar surface area (TPSA) is 45.1 Å². The van der Waals surface area contributed by atoms with Crippen molar-refractivity contribution in [2.24, 2.45) is 5.92 Å². The van der Waals surface area contributed by atoms with Crippen molar-refractivity contribution < 1.29 is 9.50 Å². The maximum atomic E-state index is 13.2. The van der Waals surface area contributed by atoms with Gasteiger partial charge in [-0.05, 0) is 18.1 Å². The van der Waals surface area contributed by atoms with E-state index in [0.29, 0.717) is 0 Å². The van der Waals surface area contributed by atoms with E-state index >= 15 is 0 Å². The zero-order valence-electron chi connectivity index (χ0n) is 9.07. The summed E-state index contributed by atoms with van der Waals surface area (Å²) in [4.78, 5) is 3.89. The van der Waals surface area contributed by atoms with Crippen molar-refractivity contribution in [3.63, 3.8) is 0 Å². The summed E-state index contributed by atoms with van der Waals surface area (Å²) >= 11 is 0. The largest absolute Gasteiger partial charge is 0.394 e. The van der Waals surface area contributed by atoms with Gasteiger partial charge in [0.1, 0.15) is 0 Å². The lowest BCUT2D eigenvalue weighted by Crippen LogP contribution is -2.31. The number of nitrogens with zero attached hydrogens (tertiary/aromatic N) is 1. The van der Waals surface area contributed by atoms with Gasteiger partial charge >= 0.3 is 0 Å². The Balaban J connectivity index is 2.71. The van der Waals surface area contributed by atoms with Crippen LogP contribution in [0.5, 0.6) is 0 Å². The van der Waals surface area contributed by atoms with Gasteiger partial charge in [0.15, 0.2) is 11.6 Å². The van der Waals surface area contributed by atoms with Gasteiger partial charge in [-0.3, -0.25) is 0 Å². The van der Waals surface area contributed by atoms with E-state index in [2.05, 4.69) is 10.3 Å². The fraction of sp³-hybridized carbons (Fsp3) is 0.545. The number of pyridine rings is 1. The van der Waals surface area contributed by atoms with E-state index in [0.717, 1.165) is 6.42 Å². The Kier molecular flexibility index (Phi) is 4.49. The Bertz CT molecular complexity index is 306. The normalized spacial score (nSPS) is 14.7. The highest BCUT2D eigenvalue weighted by molar-refractivity contribution is 5.36. The molecule has 0 aliphatic rings. The molecule has 0 saturated heterocycles. The van der Waals surface area contributed by atoms with Crippen molar-refractivity contribution >= 4 is 5.82 Å². The summed E-state index contributed by atoms with van der Waals surface area (Å²) in [5.41, 5.74) is 0. The molecule has 0 saturated carbocycles. The van der Waals surface area contributed by atoms with E-state index in [1.54, 1.807) is 0 Å². The van der Waals surface area contributed by atoms with E-state index in [4.69, 9.17) is 5.11 Å². The predicted octanol–water partition coefficient (Wildman–Crippen LogP) is 2.04. The average molecular weight is 212 g/mol. The number of hydrogen-bond acceptors (Lipinski definition) is 3. The molecule has 0 aromatic carbocycles. The molecular weight excluding hydrogens is 195 g/mol. The van der Waals surface area contributed by atoms with Gasteiger partial charge in [0.05, 0.1) is 12.6 Å². The number of aliphatic hydroxyl groups is 1. The number of nitrogens with one attached hydrogen (secondary N) is 1. The molecule has 0 radical (unpaired) electrons. The zero-order valence-corrected chi connectivity index (χ0v) is 9.07. The summed E-state index contributed by atoms with van der Waals surface area (Å²) in [6.45, 7) is 4.02. The van der Waals surface area contributed by atoms with Crippen molar-refractivity contribution in [1.29, 1.82) is 0 Å². The second-order valence-electron chi connectivity index (χ2n) is 3.65. The number of aromatic nitrogens is 1. The average Bonchev–Trinajstić information content (AvgIpc) is 2.27. The van der Waals surface area contributed by atoms with Crippen LogP contribution in [-0.4, -0.2) is 22.7 Å². The van der Waals surface area contributed by atoms with Crippen LogP contribution in [0.3, 0.4) is 0 Å². The summed E-state index contributed by atoms with van der Waals surface area (Å²) in [6, 6.07) is 2.73. The highest BCUT2D eigenvalue weighted by Crippen LogP contribution is 2.15. The lowest BCUT2D eigenvalue weighted by molar-refractivity contribution is 0.240. The summed E-state index contributed by atoms with van der Waals surface area (Å²) in [6.07, 6.45) is 2.45. The first kappa shape index (κ1) is 11.9. The molecule has 0 aliphatic heterocycles. The minimum absolute atomic E-state index is 0.0228. The molecule has 0 amide bonds. The van der Waals surface area contributed by atoms with E-state index in [9.17, 15) is 4.39 Å². The fourth-order valence-electron chi connectivity index (χ4n) is 1.32. The quantitative estimate of drug-likeness (QED) is 0.785. The van der Waals surface area contributed by atoms with Gasteiger partial charge in [0, 0.05) is 6.20 Å². The van der Waals surface area contributed by atoms with Crippen LogP contribution in [0.15, 0.2) is 18.3 Å². The molecule has 1 aromatic heterocycles. The first-order valence-electron chi connectivity index (χ1n) is 5.17. The lowest BCUT2D eigenvalue weighted by atomic mass is 10.00. The van der Waals surface area contributed by atoms with Gasteiger partial charge in [0.2, 0.25) is 0 Å². The van der Waals surface area contributed by atoms with Crippen molar-refractivity contribution in [3.05, 3.63) is 24.1 Å². The van der Waals surface area contributed by atoms with Gasteiger partial charge in [-0.15, -0.1) is 0 Å². The summed E-state index contributed by atoms with van der Waals surface area (Å²) in [5.74, 6) is 0.0903. The van der Waals surface area contributed by atoms with Crippen molar-refractivity contribution in [1.82, 2.24) is 4.98 Å². The van der Waals surface area contributed by atoms with Gasteiger partial charge in [0.25, 0.3) is 0 Å². The number of aliphatic hydroxyl groups excluding tert-OH is 1. The second kappa shape index (κ2) is 5.66. The molecule has 0 fully saturated rings. The summed E-state index contributed by atoms with van der Waals surface area (Å²) in [7, 11) is 0. The number of rotatable bonds is 5. The van der Waals surface area contributed by atoms with Crippen LogP contribution in [0.2, 0.25) is 0 Å². The molecule has 0 bridgehead atoms. The fourth-order valence-corrected chi connectivity index (χ4v) is 1.32. The third-order valence-electron chi connectivity index (χ3n) is 2.61. The summed E-state index contributed by atoms with van der Waals surface area (Å²) < 4.78 is 13.2. The van der Waals surface area contributed by atoms with Crippen LogP contribution in [0.4, 0.5) is 10.2 Å². The third kappa shape index (κ3) is 3.16. The Morgan fingerprint density at radius 2 is 2.33 bits per heavy atom. The zero-order chi connectivity index (χ0) is 11.3. The Hall–Kier alpha value is -1.16. The van der Waals surface area contributed by atoms with Crippen LogP contribution in [-0.2, 0) is 0 Å². The minimum atomic E-state index is -0.390. The second-order valence-corrected chi connectivity index (χ2v) is 3.65. The standard InChI is InChI=1S/C11H17FN2O/c1-3-8(2)10(7-15)14-11-9(12)5-4-6-13-11/h4-6,8,10,15H,3,7H2,1-2H3,(H,13,14)/t8-,10+/m1/s1. The number of hydrogen-bond donors (Lipinski definition) is 2. The Labute approximate surface area is 89.4 Å². The molecule has 0 unspecified atom stereocenters. The lowest BCUT2D eigenvalue weighted by Gasteiger charge is -2.22. The van der Waals surface area contributed by atoms with Crippen LogP contribution in [0.25, 0.3) is 0 Å². The SMILES string of the molecule is CC[C@@H](C)[C@H](CO)Nc1ncccc1F. The first-order valence-corrected chi connectivity index (χ1v) is 5.17.